The molecular formula is C12H13ClN4. The summed E-state index contributed by atoms with van der Waals surface area (Å²) in [6.07, 6.45) is 4.33. The Kier molecular flexibility index (Phi) is 3.88. The molecular weight excluding hydrogens is 236 g/mol. The standard InChI is InChI=1S/C12H13ClN4/c1-2-11-16-10(13)6-12(17-11)15-8-9-4-3-5-14-7-9/h3-7H,2,8H2,1H3,(H,15,16,17). The van der Waals surface area contributed by atoms with Crippen molar-refractivity contribution in [2.24, 2.45) is 0 Å². The first-order chi connectivity index (χ1) is 8.28. The molecule has 0 saturated carbocycles. The van der Waals surface area contributed by atoms with Crippen LogP contribution in [0, 0.1) is 0 Å². The first kappa shape index (κ1) is 11.8. The minimum atomic E-state index is 0.463. The molecule has 0 spiro atoms. The lowest BCUT2D eigenvalue weighted by Gasteiger charge is -2.06. The van der Waals surface area contributed by atoms with Crippen LogP contribution in [0.2, 0.25) is 5.15 Å². The van der Waals surface area contributed by atoms with Crippen molar-refractivity contribution in [3.05, 3.63) is 47.1 Å². The smallest absolute Gasteiger partial charge is 0.134 e. The summed E-state index contributed by atoms with van der Waals surface area (Å²) in [5, 5.41) is 3.66. The number of aromatic nitrogens is 3. The van der Waals surface area contributed by atoms with Crippen molar-refractivity contribution < 1.29 is 0 Å². The van der Waals surface area contributed by atoms with Crippen LogP contribution in [-0.4, -0.2) is 15.0 Å². The van der Waals surface area contributed by atoms with Crippen molar-refractivity contribution in [3.8, 4) is 0 Å². The lowest BCUT2D eigenvalue weighted by atomic mass is 10.3. The first-order valence-electron chi connectivity index (χ1n) is 5.44. The highest BCUT2D eigenvalue weighted by Gasteiger charge is 2.01. The molecule has 0 radical (unpaired) electrons. The number of nitrogens with one attached hydrogen (secondary N) is 1. The Morgan fingerprint density at radius 1 is 1.35 bits per heavy atom. The molecule has 0 bridgehead atoms. The summed E-state index contributed by atoms with van der Waals surface area (Å²) in [7, 11) is 0. The van der Waals surface area contributed by atoms with E-state index in [1.54, 1.807) is 12.3 Å². The van der Waals surface area contributed by atoms with Gasteiger partial charge >= 0.3 is 0 Å². The Labute approximate surface area is 105 Å². The van der Waals surface area contributed by atoms with Crippen LogP contribution in [0.1, 0.15) is 18.3 Å². The quantitative estimate of drug-likeness (QED) is 0.846. The Morgan fingerprint density at radius 2 is 2.24 bits per heavy atom. The van der Waals surface area contributed by atoms with Gasteiger partial charge < -0.3 is 5.32 Å². The van der Waals surface area contributed by atoms with Crippen LogP contribution in [-0.2, 0) is 13.0 Å². The summed E-state index contributed by atoms with van der Waals surface area (Å²) < 4.78 is 0. The molecule has 0 aromatic carbocycles. The van der Waals surface area contributed by atoms with Gasteiger partial charge in [-0.3, -0.25) is 4.98 Å². The average Bonchev–Trinajstić information content (AvgIpc) is 2.37. The van der Waals surface area contributed by atoms with Crippen molar-refractivity contribution in [2.75, 3.05) is 5.32 Å². The summed E-state index contributed by atoms with van der Waals surface area (Å²) in [6.45, 7) is 2.67. The SMILES string of the molecule is CCc1nc(Cl)cc(NCc2cccnc2)n1. The molecule has 0 fully saturated rings. The van der Waals surface area contributed by atoms with Crippen LogP contribution in [0.25, 0.3) is 0 Å². The lowest BCUT2D eigenvalue weighted by molar-refractivity contribution is 0.932. The Hall–Kier alpha value is -1.68. The summed E-state index contributed by atoms with van der Waals surface area (Å²) in [5.41, 5.74) is 1.10. The fourth-order valence-electron chi connectivity index (χ4n) is 1.41. The molecule has 2 rings (SSSR count). The highest BCUT2D eigenvalue weighted by molar-refractivity contribution is 6.29. The fraction of sp³-hybridized carbons (Fsp3) is 0.250. The van der Waals surface area contributed by atoms with Gasteiger partial charge in [-0.25, -0.2) is 9.97 Å². The third-order valence-corrected chi connectivity index (χ3v) is 2.45. The predicted octanol–water partition coefficient (Wildman–Crippen LogP) is 2.70. The maximum atomic E-state index is 5.91. The van der Waals surface area contributed by atoms with Crippen molar-refractivity contribution in [1.82, 2.24) is 15.0 Å². The monoisotopic (exact) mass is 248 g/mol. The molecule has 1 N–H and O–H groups in total. The molecule has 4 nitrogen and oxygen atoms in total. The number of pyridine rings is 1. The summed E-state index contributed by atoms with van der Waals surface area (Å²) in [5.74, 6) is 1.48. The molecule has 88 valence electrons. The number of anilines is 1. The van der Waals surface area contributed by atoms with E-state index in [4.69, 9.17) is 11.6 Å². The molecule has 2 aromatic heterocycles. The van der Waals surface area contributed by atoms with Crippen LogP contribution in [0.15, 0.2) is 30.6 Å². The van der Waals surface area contributed by atoms with E-state index in [-0.39, 0.29) is 0 Å². The van der Waals surface area contributed by atoms with Crippen molar-refractivity contribution in [2.45, 2.75) is 19.9 Å². The van der Waals surface area contributed by atoms with Crippen molar-refractivity contribution in [1.29, 1.82) is 0 Å². The molecule has 0 aliphatic carbocycles. The van der Waals surface area contributed by atoms with E-state index in [1.807, 2.05) is 25.3 Å². The molecule has 0 saturated heterocycles. The second-order valence-corrected chi connectivity index (χ2v) is 3.95. The predicted molar refractivity (Wildman–Crippen MR) is 68.0 cm³/mol. The zero-order valence-corrected chi connectivity index (χ0v) is 10.3. The first-order valence-corrected chi connectivity index (χ1v) is 5.82. The number of hydrogen-bond donors (Lipinski definition) is 1. The van der Waals surface area contributed by atoms with Crippen LogP contribution >= 0.6 is 11.6 Å². The van der Waals surface area contributed by atoms with Gasteiger partial charge in [0.2, 0.25) is 0 Å². The zero-order valence-electron chi connectivity index (χ0n) is 9.52. The molecule has 0 unspecified atom stereocenters. The van der Waals surface area contributed by atoms with E-state index >= 15 is 0 Å². The van der Waals surface area contributed by atoms with Crippen LogP contribution in [0.3, 0.4) is 0 Å². The second-order valence-electron chi connectivity index (χ2n) is 3.56. The number of halogens is 1. The van der Waals surface area contributed by atoms with Crippen molar-refractivity contribution in [3.63, 3.8) is 0 Å². The van der Waals surface area contributed by atoms with Gasteiger partial charge in [-0.2, -0.15) is 0 Å². The van der Waals surface area contributed by atoms with Gasteiger partial charge in [-0.1, -0.05) is 24.6 Å². The van der Waals surface area contributed by atoms with Gasteiger partial charge in [-0.05, 0) is 11.6 Å². The minimum absolute atomic E-state index is 0.463. The largest absolute Gasteiger partial charge is 0.366 e. The summed E-state index contributed by atoms with van der Waals surface area (Å²) in [4.78, 5) is 12.5. The Balaban J connectivity index is 2.06. The molecule has 0 amide bonds. The van der Waals surface area contributed by atoms with Gasteiger partial charge in [0, 0.05) is 31.4 Å². The third-order valence-electron chi connectivity index (χ3n) is 2.25. The molecule has 0 atom stereocenters. The number of hydrogen-bond acceptors (Lipinski definition) is 4. The van der Waals surface area contributed by atoms with E-state index in [0.29, 0.717) is 11.7 Å². The highest BCUT2D eigenvalue weighted by Crippen LogP contribution is 2.12. The summed E-state index contributed by atoms with van der Waals surface area (Å²) >= 11 is 5.91. The Bertz CT molecular complexity index is 487. The third kappa shape index (κ3) is 3.39. The van der Waals surface area contributed by atoms with Gasteiger partial charge in [0.1, 0.15) is 16.8 Å². The van der Waals surface area contributed by atoms with E-state index < -0.39 is 0 Å². The normalized spacial score (nSPS) is 10.2. The lowest BCUT2D eigenvalue weighted by Crippen LogP contribution is -2.04. The Morgan fingerprint density at radius 3 is 2.94 bits per heavy atom. The average molecular weight is 249 g/mol. The van der Waals surface area contributed by atoms with E-state index in [2.05, 4.69) is 20.3 Å². The second kappa shape index (κ2) is 5.59. The van der Waals surface area contributed by atoms with Crippen LogP contribution in [0.4, 0.5) is 5.82 Å². The number of nitrogens with zero attached hydrogens (tertiary/aromatic N) is 3. The van der Waals surface area contributed by atoms with E-state index in [9.17, 15) is 0 Å². The van der Waals surface area contributed by atoms with Gasteiger partial charge in [0.15, 0.2) is 0 Å². The van der Waals surface area contributed by atoms with E-state index in [0.717, 1.165) is 23.6 Å². The minimum Gasteiger partial charge on any atom is -0.366 e. The van der Waals surface area contributed by atoms with Gasteiger partial charge in [-0.15, -0.1) is 0 Å². The maximum Gasteiger partial charge on any atom is 0.134 e. The molecule has 2 aromatic rings. The van der Waals surface area contributed by atoms with Crippen LogP contribution < -0.4 is 5.32 Å². The van der Waals surface area contributed by atoms with Gasteiger partial charge in [0.05, 0.1) is 0 Å². The molecule has 17 heavy (non-hydrogen) atoms. The topological polar surface area (TPSA) is 50.7 Å². The van der Waals surface area contributed by atoms with E-state index in [1.165, 1.54) is 0 Å². The zero-order chi connectivity index (χ0) is 12.1. The number of rotatable bonds is 4. The van der Waals surface area contributed by atoms with Gasteiger partial charge in [0.25, 0.3) is 0 Å². The molecule has 0 aliphatic heterocycles. The summed E-state index contributed by atoms with van der Waals surface area (Å²) in [6, 6.07) is 5.63. The van der Waals surface area contributed by atoms with Crippen LogP contribution in [0.5, 0.6) is 0 Å². The fourth-order valence-corrected chi connectivity index (χ4v) is 1.61. The molecule has 5 heteroatoms. The van der Waals surface area contributed by atoms with Crippen molar-refractivity contribution >= 4 is 17.4 Å². The number of aryl methyl sites for hydroxylation is 1. The maximum absolute atomic E-state index is 5.91. The molecule has 2 heterocycles. The highest BCUT2D eigenvalue weighted by atomic mass is 35.5. The molecule has 0 aliphatic rings.